The summed E-state index contributed by atoms with van der Waals surface area (Å²) in [7, 11) is -5.13. The molecular weight excluding hydrogens is 482 g/mol. The van der Waals surface area contributed by atoms with E-state index in [-0.39, 0.29) is 36.8 Å². The number of aromatic hydroxyl groups is 2. The first-order chi connectivity index (χ1) is 13.5. The number of hydrogen-bond donors (Lipinski definition) is 3. The minimum Gasteiger partial charge on any atom is -0.508 e. The topological polar surface area (TPSA) is 94.8 Å². The van der Waals surface area contributed by atoms with E-state index in [9.17, 15) is 23.2 Å². The SMILES string of the molecule is O=S(=O)(O)C(c1cc(Cl)ccc1O)(c1ccccc1Cl)c1cc(Cl)c(O)cc1Cl. The van der Waals surface area contributed by atoms with Gasteiger partial charge in [0.15, 0.2) is 4.75 Å². The van der Waals surface area contributed by atoms with Crippen LogP contribution in [0.25, 0.3) is 0 Å². The molecule has 152 valence electrons. The molecule has 0 aliphatic rings. The van der Waals surface area contributed by atoms with Crippen LogP contribution >= 0.6 is 46.4 Å². The number of rotatable bonds is 4. The minimum atomic E-state index is -5.13. The summed E-state index contributed by atoms with van der Waals surface area (Å²) in [5.74, 6) is -0.897. The molecule has 29 heavy (non-hydrogen) atoms. The quantitative estimate of drug-likeness (QED) is 0.311. The van der Waals surface area contributed by atoms with Crippen LogP contribution in [0.3, 0.4) is 0 Å². The molecule has 3 rings (SSSR count). The number of phenols is 2. The van der Waals surface area contributed by atoms with Crippen LogP contribution in [0.2, 0.25) is 20.1 Å². The molecule has 1 unspecified atom stereocenters. The summed E-state index contributed by atoms with van der Waals surface area (Å²) in [4.78, 5) is 0. The van der Waals surface area contributed by atoms with Crippen molar-refractivity contribution >= 4 is 56.5 Å². The average molecular weight is 494 g/mol. The van der Waals surface area contributed by atoms with Crippen molar-refractivity contribution in [1.82, 2.24) is 0 Å². The Kier molecular flexibility index (Phi) is 5.98. The summed E-state index contributed by atoms with van der Waals surface area (Å²) >= 11 is 24.7. The lowest BCUT2D eigenvalue weighted by atomic mass is 9.83. The second-order valence-electron chi connectivity index (χ2n) is 6.08. The molecule has 0 amide bonds. The summed E-state index contributed by atoms with van der Waals surface area (Å²) in [6, 6.07) is 11.6. The lowest BCUT2D eigenvalue weighted by Gasteiger charge is -2.34. The highest BCUT2D eigenvalue weighted by Crippen LogP contribution is 2.52. The van der Waals surface area contributed by atoms with Crippen molar-refractivity contribution in [1.29, 1.82) is 0 Å². The minimum absolute atomic E-state index is 0.0373. The van der Waals surface area contributed by atoms with Crippen LogP contribution in [0.15, 0.2) is 54.6 Å². The Morgan fingerprint density at radius 1 is 0.690 bits per heavy atom. The third kappa shape index (κ3) is 3.65. The molecule has 0 radical (unpaired) electrons. The van der Waals surface area contributed by atoms with Gasteiger partial charge >= 0.3 is 0 Å². The average Bonchev–Trinajstić information content (AvgIpc) is 2.63. The maximum atomic E-state index is 13.0. The molecule has 0 saturated heterocycles. The molecule has 0 aliphatic carbocycles. The van der Waals surface area contributed by atoms with E-state index in [1.807, 2.05) is 0 Å². The summed E-state index contributed by atoms with van der Waals surface area (Å²) in [5.41, 5.74) is -0.648. The van der Waals surface area contributed by atoms with Gasteiger partial charge in [-0.05, 0) is 30.3 Å². The molecule has 0 heterocycles. The molecule has 0 aliphatic heterocycles. The molecular formula is C19H12Cl4O5S. The van der Waals surface area contributed by atoms with Crippen LogP contribution in [-0.4, -0.2) is 23.2 Å². The Balaban J connectivity index is 2.66. The number of phenolic OH excluding ortho intramolecular Hbond substituents is 2. The van der Waals surface area contributed by atoms with E-state index in [1.54, 1.807) is 6.07 Å². The monoisotopic (exact) mass is 492 g/mol. The van der Waals surface area contributed by atoms with Crippen LogP contribution in [0, 0.1) is 0 Å². The Morgan fingerprint density at radius 3 is 1.97 bits per heavy atom. The third-order valence-electron chi connectivity index (χ3n) is 4.39. The molecule has 0 fully saturated rings. The van der Waals surface area contributed by atoms with Gasteiger partial charge in [0.25, 0.3) is 10.1 Å². The second kappa shape index (κ2) is 7.87. The fourth-order valence-corrected chi connectivity index (χ4v) is 5.56. The van der Waals surface area contributed by atoms with Gasteiger partial charge in [0.1, 0.15) is 11.5 Å². The van der Waals surface area contributed by atoms with Crippen molar-refractivity contribution in [3.63, 3.8) is 0 Å². The first kappa shape index (κ1) is 22.0. The zero-order valence-electron chi connectivity index (χ0n) is 14.3. The molecule has 0 saturated carbocycles. The number of hydrogen-bond acceptors (Lipinski definition) is 4. The van der Waals surface area contributed by atoms with Crippen molar-refractivity contribution in [2.75, 3.05) is 0 Å². The van der Waals surface area contributed by atoms with E-state index in [0.717, 1.165) is 12.1 Å². The lowest BCUT2D eigenvalue weighted by molar-refractivity contribution is 0.440. The predicted octanol–water partition coefficient (Wildman–Crippen LogP) is 5.89. The van der Waals surface area contributed by atoms with Crippen LogP contribution < -0.4 is 0 Å². The normalized spacial score (nSPS) is 13.8. The van der Waals surface area contributed by atoms with Gasteiger partial charge in [-0.2, -0.15) is 8.42 Å². The van der Waals surface area contributed by atoms with Gasteiger partial charge in [0, 0.05) is 37.8 Å². The van der Waals surface area contributed by atoms with Gasteiger partial charge in [0.2, 0.25) is 0 Å². The molecule has 5 nitrogen and oxygen atoms in total. The zero-order valence-corrected chi connectivity index (χ0v) is 18.1. The fourth-order valence-electron chi connectivity index (χ4n) is 3.20. The van der Waals surface area contributed by atoms with Crippen molar-refractivity contribution < 1.29 is 23.2 Å². The Bertz CT molecular complexity index is 1210. The van der Waals surface area contributed by atoms with E-state index >= 15 is 0 Å². The number of benzene rings is 3. The van der Waals surface area contributed by atoms with Gasteiger partial charge in [-0.15, -0.1) is 0 Å². The van der Waals surface area contributed by atoms with E-state index in [0.29, 0.717) is 0 Å². The van der Waals surface area contributed by atoms with E-state index in [2.05, 4.69) is 0 Å². The summed E-state index contributed by atoms with van der Waals surface area (Å²) < 4.78 is 34.0. The van der Waals surface area contributed by atoms with Gasteiger partial charge in [0.05, 0.1) is 5.02 Å². The fraction of sp³-hybridized carbons (Fsp3) is 0.0526. The highest BCUT2D eigenvalue weighted by Gasteiger charge is 2.52. The van der Waals surface area contributed by atoms with Crippen LogP contribution in [-0.2, 0) is 14.9 Å². The Morgan fingerprint density at radius 2 is 1.34 bits per heavy atom. The Labute approximate surface area is 186 Å². The van der Waals surface area contributed by atoms with Crippen LogP contribution in [0.1, 0.15) is 16.7 Å². The molecule has 3 aromatic rings. The molecule has 3 N–H and O–H groups in total. The van der Waals surface area contributed by atoms with Crippen molar-refractivity contribution in [2.24, 2.45) is 0 Å². The van der Waals surface area contributed by atoms with E-state index < -0.39 is 26.4 Å². The highest BCUT2D eigenvalue weighted by molar-refractivity contribution is 7.87. The van der Waals surface area contributed by atoms with E-state index in [1.165, 1.54) is 36.4 Å². The van der Waals surface area contributed by atoms with Crippen molar-refractivity contribution in [3.05, 3.63) is 91.4 Å². The molecule has 10 heteroatoms. The summed E-state index contributed by atoms with van der Waals surface area (Å²) in [6.45, 7) is 0. The number of halogens is 4. The largest absolute Gasteiger partial charge is 0.508 e. The first-order valence-corrected chi connectivity index (χ1v) is 10.8. The van der Waals surface area contributed by atoms with Crippen LogP contribution in [0.4, 0.5) is 0 Å². The van der Waals surface area contributed by atoms with Crippen molar-refractivity contribution in [2.45, 2.75) is 4.75 Å². The summed E-state index contributed by atoms with van der Waals surface area (Å²) in [6.07, 6.45) is 0. The molecule has 3 aromatic carbocycles. The molecule has 0 bridgehead atoms. The second-order valence-corrected chi connectivity index (χ2v) is 9.30. The van der Waals surface area contributed by atoms with E-state index in [4.69, 9.17) is 46.4 Å². The maximum Gasteiger partial charge on any atom is 0.283 e. The zero-order chi connectivity index (χ0) is 21.6. The molecule has 1 atom stereocenters. The predicted molar refractivity (Wildman–Crippen MR) is 114 cm³/mol. The summed E-state index contributed by atoms with van der Waals surface area (Å²) in [5, 5.41) is 20.0. The van der Waals surface area contributed by atoms with Crippen LogP contribution in [0.5, 0.6) is 11.5 Å². The van der Waals surface area contributed by atoms with Crippen molar-refractivity contribution in [3.8, 4) is 11.5 Å². The maximum absolute atomic E-state index is 13.0. The third-order valence-corrected chi connectivity index (χ3v) is 7.01. The highest BCUT2D eigenvalue weighted by atomic mass is 35.5. The molecule has 0 spiro atoms. The van der Waals surface area contributed by atoms with Gasteiger partial charge < -0.3 is 10.2 Å². The standard InChI is InChI=1S/C19H12Cl4O5S/c20-10-5-6-17(24)13(7-10)19(29(26,27)28,11-3-1-2-4-14(11)21)12-8-16(23)18(25)9-15(12)22/h1-9,24-25H,(H,26,27,28). The van der Waals surface area contributed by atoms with Gasteiger partial charge in [-0.1, -0.05) is 64.6 Å². The first-order valence-electron chi connectivity index (χ1n) is 7.89. The molecule has 0 aromatic heterocycles. The van der Waals surface area contributed by atoms with Gasteiger partial charge in [-0.3, -0.25) is 4.55 Å². The smallest absolute Gasteiger partial charge is 0.283 e. The lowest BCUT2D eigenvalue weighted by Crippen LogP contribution is -2.39. The Hall–Kier alpha value is -1.67. The van der Waals surface area contributed by atoms with Gasteiger partial charge in [-0.25, -0.2) is 0 Å².